The van der Waals surface area contributed by atoms with E-state index >= 15 is 0 Å². The highest BCUT2D eigenvalue weighted by Crippen LogP contribution is 2.25. The van der Waals surface area contributed by atoms with Gasteiger partial charge in [0.15, 0.2) is 6.61 Å². The molecular formula is C21H22N2O2. The van der Waals surface area contributed by atoms with Crippen molar-refractivity contribution in [2.24, 2.45) is 0 Å². The van der Waals surface area contributed by atoms with Gasteiger partial charge >= 0.3 is 0 Å². The van der Waals surface area contributed by atoms with Crippen LogP contribution in [-0.4, -0.2) is 17.5 Å². The summed E-state index contributed by atoms with van der Waals surface area (Å²) >= 11 is 0. The van der Waals surface area contributed by atoms with Crippen molar-refractivity contribution < 1.29 is 9.53 Å². The second-order valence-electron chi connectivity index (χ2n) is 6.44. The summed E-state index contributed by atoms with van der Waals surface area (Å²) in [5.41, 5.74) is 6.01. The second kappa shape index (κ2) is 6.93. The number of amides is 1. The molecule has 1 N–H and O–H groups in total. The summed E-state index contributed by atoms with van der Waals surface area (Å²) in [6, 6.07) is 11.9. The Labute approximate surface area is 147 Å². The van der Waals surface area contributed by atoms with Gasteiger partial charge in [-0.15, -0.1) is 0 Å². The molecule has 128 valence electrons. The third-order valence-electron chi connectivity index (χ3n) is 4.16. The summed E-state index contributed by atoms with van der Waals surface area (Å²) in [7, 11) is 0. The maximum Gasteiger partial charge on any atom is 0.262 e. The Balaban J connectivity index is 1.77. The Morgan fingerprint density at radius 2 is 1.80 bits per heavy atom. The van der Waals surface area contributed by atoms with E-state index in [1.807, 2.05) is 58.0 Å². The van der Waals surface area contributed by atoms with Crippen molar-refractivity contribution in [3.05, 3.63) is 64.8 Å². The lowest BCUT2D eigenvalue weighted by Gasteiger charge is -2.12. The number of pyridine rings is 1. The number of ether oxygens (including phenoxy) is 1. The van der Waals surface area contributed by atoms with Gasteiger partial charge in [0.1, 0.15) is 5.75 Å². The number of hydrogen-bond donors (Lipinski definition) is 1. The number of rotatable bonds is 4. The number of nitrogens with zero attached hydrogens (tertiary/aromatic N) is 1. The zero-order chi connectivity index (χ0) is 18.0. The monoisotopic (exact) mass is 334 g/mol. The van der Waals surface area contributed by atoms with E-state index in [0.717, 1.165) is 44.6 Å². The molecular weight excluding hydrogens is 312 g/mol. The molecule has 0 aliphatic carbocycles. The average molecular weight is 334 g/mol. The van der Waals surface area contributed by atoms with Crippen LogP contribution in [0.2, 0.25) is 0 Å². The smallest absolute Gasteiger partial charge is 0.262 e. The minimum absolute atomic E-state index is 0.0289. The van der Waals surface area contributed by atoms with Gasteiger partial charge in [-0.1, -0.05) is 23.8 Å². The Bertz CT molecular complexity index is 948. The molecule has 0 bridgehead atoms. The SMILES string of the molecule is Cc1ccc(C)c(OCC(=O)Nc2ccnc3c(C)cc(C)cc23)c1. The molecule has 0 radical (unpaired) electrons. The molecule has 4 heteroatoms. The summed E-state index contributed by atoms with van der Waals surface area (Å²) in [4.78, 5) is 16.8. The molecule has 0 saturated carbocycles. The lowest BCUT2D eigenvalue weighted by Crippen LogP contribution is -2.20. The van der Waals surface area contributed by atoms with Gasteiger partial charge in [0.2, 0.25) is 0 Å². The normalized spacial score (nSPS) is 10.7. The fourth-order valence-electron chi connectivity index (χ4n) is 2.91. The van der Waals surface area contributed by atoms with Crippen LogP contribution in [0.25, 0.3) is 10.9 Å². The number of carbonyl (C=O) groups is 1. The van der Waals surface area contributed by atoms with Crippen LogP contribution in [0.4, 0.5) is 5.69 Å². The first-order valence-corrected chi connectivity index (χ1v) is 8.30. The van der Waals surface area contributed by atoms with E-state index in [2.05, 4.69) is 16.4 Å². The van der Waals surface area contributed by atoms with Crippen LogP contribution in [0.15, 0.2) is 42.6 Å². The average Bonchev–Trinajstić information content (AvgIpc) is 2.56. The van der Waals surface area contributed by atoms with Crippen molar-refractivity contribution in [3.63, 3.8) is 0 Å². The van der Waals surface area contributed by atoms with Crippen LogP contribution >= 0.6 is 0 Å². The number of fused-ring (bicyclic) bond motifs is 1. The van der Waals surface area contributed by atoms with Gasteiger partial charge in [-0.3, -0.25) is 9.78 Å². The largest absolute Gasteiger partial charge is 0.483 e. The molecule has 4 nitrogen and oxygen atoms in total. The number of aryl methyl sites for hydroxylation is 4. The molecule has 1 aromatic heterocycles. The molecule has 0 spiro atoms. The number of aromatic nitrogens is 1. The van der Waals surface area contributed by atoms with Gasteiger partial charge in [0.05, 0.1) is 11.2 Å². The van der Waals surface area contributed by atoms with Crippen molar-refractivity contribution in [1.82, 2.24) is 4.98 Å². The molecule has 0 aliphatic heterocycles. The van der Waals surface area contributed by atoms with E-state index in [0.29, 0.717) is 0 Å². The molecule has 0 aliphatic rings. The third kappa shape index (κ3) is 3.79. The van der Waals surface area contributed by atoms with E-state index in [1.54, 1.807) is 6.20 Å². The zero-order valence-corrected chi connectivity index (χ0v) is 15.0. The van der Waals surface area contributed by atoms with E-state index in [1.165, 1.54) is 0 Å². The maximum atomic E-state index is 12.3. The summed E-state index contributed by atoms with van der Waals surface area (Å²) in [5.74, 6) is 0.550. The molecule has 1 amide bonds. The Morgan fingerprint density at radius 1 is 1.00 bits per heavy atom. The van der Waals surface area contributed by atoms with Crippen LogP contribution in [0.1, 0.15) is 22.3 Å². The highest BCUT2D eigenvalue weighted by molar-refractivity contribution is 6.02. The number of anilines is 1. The first kappa shape index (κ1) is 17.0. The summed E-state index contributed by atoms with van der Waals surface area (Å²) in [5, 5.41) is 3.88. The molecule has 1 heterocycles. The predicted octanol–water partition coefficient (Wildman–Crippen LogP) is 4.49. The molecule has 0 saturated heterocycles. The van der Waals surface area contributed by atoms with Crippen LogP contribution in [0.5, 0.6) is 5.75 Å². The molecule has 3 aromatic rings. The zero-order valence-electron chi connectivity index (χ0n) is 15.0. The molecule has 3 rings (SSSR count). The van der Waals surface area contributed by atoms with Crippen molar-refractivity contribution in [2.45, 2.75) is 27.7 Å². The van der Waals surface area contributed by atoms with E-state index in [9.17, 15) is 4.79 Å². The number of benzene rings is 2. The van der Waals surface area contributed by atoms with Gasteiger partial charge in [-0.25, -0.2) is 0 Å². The van der Waals surface area contributed by atoms with Gasteiger partial charge in [-0.05, 0) is 62.6 Å². The van der Waals surface area contributed by atoms with E-state index < -0.39 is 0 Å². The predicted molar refractivity (Wildman–Crippen MR) is 101 cm³/mol. The standard InChI is InChI=1S/C21H22N2O2/c1-13-5-6-15(3)19(11-13)25-12-20(24)23-18-7-8-22-21-16(4)9-14(2)10-17(18)21/h5-11H,12H2,1-4H3,(H,22,23,24). The van der Waals surface area contributed by atoms with Crippen molar-refractivity contribution in [2.75, 3.05) is 11.9 Å². The molecule has 0 atom stereocenters. The Morgan fingerprint density at radius 3 is 2.60 bits per heavy atom. The minimum Gasteiger partial charge on any atom is -0.483 e. The highest BCUT2D eigenvalue weighted by atomic mass is 16.5. The third-order valence-corrected chi connectivity index (χ3v) is 4.16. The number of carbonyl (C=O) groups excluding carboxylic acids is 1. The Hall–Kier alpha value is -2.88. The minimum atomic E-state index is -0.187. The fourth-order valence-corrected chi connectivity index (χ4v) is 2.91. The lowest BCUT2D eigenvalue weighted by atomic mass is 10.1. The first-order valence-electron chi connectivity index (χ1n) is 8.30. The van der Waals surface area contributed by atoms with Crippen molar-refractivity contribution >= 4 is 22.5 Å². The van der Waals surface area contributed by atoms with Crippen molar-refractivity contribution in [1.29, 1.82) is 0 Å². The fraction of sp³-hybridized carbons (Fsp3) is 0.238. The molecule has 25 heavy (non-hydrogen) atoms. The number of nitrogens with one attached hydrogen (secondary N) is 1. The van der Waals surface area contributed by atoms with Crippen LogP contribution in [0.3, 0.4) is 0 Å². The van der Waals surface area contributed by atoms with Crippen LogP contribution < -0.4 is 10.1 Å². The lowest BCUT2D eigenvalue weighted by molar-refractivity contribution is -0.118. The topological polar surface area (TPSA) is 51.2 Å². The molecule has 0 unspecified atom stereocenters. The maximum absolute atomic E-state index is 12.3. The quantitative estimate of drug-likeness (QED) is 0.765. The molecule has 2 aromatic carbocycles. The van der Waals surface area contributed by atoms with Gasteiger partial charge < -0.3 is 10.1 Å². The van der Waals surface area contributed by atoms with Crippen LogP contribution in [-0.2, 0) is 4.79 Å². The second-order valence-corrected chi connectivity index (χ2v) is 6.44. The first-order chi connectivity index (χ1) is 11.9. The van der Waals surface area contributed by atoms with E-state index in [4.69, 9.17) is 4.74 Å². The Kier molecular flexibility index (Phi) is 4.70. The summed E-state index contributed by atoms with van der Waals surface area (Å²) in [6.45, 7) is 8.00. The highest BCUT2D eigenvalue weighted by Gasteiger charge is 2.10. The van der Waals surface area contributed by atoms with Crippen LogP contribution in [0, 0.1) is 27.7 Å². The number of hydrogen-bond acceptors (Lipinski definition) is 3. The summed E-state index contributed by atoms with van der Waals surface area (Å²) < 4.78 is 5.68. The van der Waals surface area contributed by atoms with E-state index in [-0.39, 0.29) is 12.5 Å². The molecule has 0 fully saturated rings. The van der Waals surface area contributed by atoms with Gasteiger partial charge in [0.25, 0.3) is 5.91 Å². The van der Waals surface area contributed by atoms with Crippen molar-refractivity contribution in [3.8, 4) is 5.75 Å². The van der Waals surface area contributed by atoms with Gasteiger partial charge in [0, 0.05) is 11.6 Å². The summed E-state index contributed by atoms with van der Waals surface area (Å²) in [6.07, 6.45) is 1.71. The van der Waals surface area contributed by atoms with Gasteiger partial charge in [-0.2, -0.15) is 0 Å².